The molecular formula is C18H24ClN3O2. The van der Waals surface area contributed by atoms with E-state index in [9.17, 15) is 5.11 Å². The Morgan fingerprint density at radius 3 is 3.04 bits per heavy atom. The first-order chi connectivity index (χ1) is 11.5. The maximum Gasteiger partial charge on any atom is 0.138 e. The number of benzene rings is 1. The fourth-order valence-electron chi connectivity index (χ4n) is 3.08. The van der Waals surface area contributed by atoms with Crippen molar-refractivity contribution in [2.24, 2.45) is 0 Å². The Labute approximate surface area is 147 Å². The molecule has 0 spiro atoms. The van der Waals surface area contributed by atoms with Gasteiger partial charge in [-0.3, -0.25) is 4.90 Å². The van der Waals surface area contributed by atoms with E-state index in [1.54, 1.807) is 6.33 Å². The van der Waals surface area contributed by atoms with Crippen LogP contribution in [0, 0.1) is 6.92 Å². The van der Waals surface area contributed by atoms with Crippen LogP contribution in [0.1, 0.15) is 30.5 Å². The predicted molar refractivity (Wildman–Crippen MR) is 94.3 cm³/mol. The molecule has 2 heterocycles. The van der Waals surface area contributed by atoms with E-state index in [1.165, 1.54) is 0 Å². The normalized spacial score (nSPS) is 22.3. The van der Waals surface area contributed by atoms with Gasteiger partial charge in [0.1, 0.15) is 12.4 Å². The lowest BCUT2D eigenvalue weighted by Crippen LogP contribution is -2.37. The number of nitrogens with zero attached hydrogens (tertiary/aromatic N) is 2. The van der Waals surface area contributed by atoms with Crippen LogP contribution in [0.5, 0.6) is 5.75 Å². The highest BCUT2D eigenvalue weighted by Crippen LogP contribution is 2.29. The molecule has 1 aliphatic heterocycles. The van der Waals surface area contributed by atoms with Gasteiger partial charge in [0, 0.05) is 25.0 Å². The zero-order valence-corrected chi connectivity index (χ0v) is 14.7. The molecule has 1 aromatic carbocycles. The number of aryl methyl sites for hydroxylation is 1. The van der Waals surface area contributed by atoms with Crippen LogP contribution in [0.4, 0.5) is 0 Å². The molecular weight excluding hydrogens is 326 g/mol. The summed E-state index contributed by atoms with van der Waals surface area (Å²) in [5.41, 5.74) is 1.38. The number of nitrogens with one attached hydrogen (secondary N) is 1. The zero-order valence-electron chi connectivity index (χ0n) is 14.0. The van der Waals surface area contributed by atoms with Gasteiger partial charge in [-0.2, -0.15) is 0 Å². The molecule has 2 N–H and O–H groups in total. The first-order valence-electron chi connectivity index (χ1n) is 8.35. The van der Waals surface area contributed by atoms with Crippen LogP contribution in [-0.2, 0) is 6.54 Å². The molecule has 1 atom stereocenters. The first kappa shape index (κ1) is 17.3. The lowest BCUT2D eigenvalue weighted by Gasteiger charge is -2.27. The smallest absolute Gasteiger partial charge is 0.138 e. The van der Waals surface area contributed by atoms with Crippen LogP contribution in [0.3, 0.4) is 0 Å². The summed E-state index contributed by atoms with van der Waals surface area (Å²) in [6.45, 7) is 4.90. The molecule has 0 saturated carbocycles. The minimum absolute atomic E-state index is 0.272. The van der Waals surface area contributed by atoms with Gasteiger partial charge in [-0.05, 0) is 50.4 Å². The number of imidazole rings is 1. The van der Waals surface area contributed by atoms with Gasteiger partial charge in [0.25, 0.3) is 0 Å². The second-order valence-electron chi connectivity index (χ2n) is 6.65. The minimum atomic E-state index is -0.810. The third-order valence-electron chi connectivity index (χ3n) is 4.54. The molecule has 1 unspecified atom stereocenters. The van der Waals surface area contributed by atoms with Crippen LogP contribution in [-0.4, -0.2) is 45.3 Å². The number of aromatic nitrogens is 2. The number of likely N-dealkylation sites (tertiary alicyclic amines) is 1. The topological polar surface area (TPSA) is 61.4 Å². The first-order valence-corrected chi connectivity index (χ1v) is 8.73. The maximum atomic E-state index is 10.9. The average Bonchev–Trinajstić information content (AvgIpc) is 2.99. The van der Waals surface area contributed by atoms with E-state index in [4.69, 9.17) is 16.3 Å². The van der Waals surface area contributed by atoms with Gasteiger partial charge in [-0.15, -0.1) is 0 Å². The third-order valence-corrected chi connectivity index (χ3v) is 4.85. The lowest BCUT2D eigenvalue weighted by atomic mass is 9.96. The number of H-pyrrole nitrogens is 1. The van der Waals surface area contributed by atoms with E-state index < -0.39 is 5.60 Å². The number of halogens is 1. The van der Waals surface area contributed by atoms with Gasteiger partial charge in [0.05, 0.1) is 17.0 Å². The largest absolute Gasteiger partial charge is 0.489 e. The van der Waals surface area contributed by atoms with Crippen LogP contribution < -0.4 is 4.74 Å². The molecule has 130 valence electrons. The van der Waals surface area contributed by atoms with Crippen molar-refractivity contribution in [2.75, 3.05) is 19.7 Å². The standard InChI is InChI=1S/C18H24ClN3O2/c1-14-3-4-16(19)17(9-14)24-12-18(23)5-2-7-22(8-6-18)11-15-10-20-13-21-15/h3-4,9-10,13,23H,2,5-8,11-12H2,1H3,(H,20,21). The average molecular weight is 350 g/mol. The Kier molecular flexibility index (Phi) is 5.43. The van der Waals surface area contributed by atoms with Crippen molar-refractivity contribution in [3.8, 4) is 5.75 Å². The van der Waals surface area contributed by atoms with Crippen molar-refractivity contribution < 1.29 is 9.84 Å². The summed E-state index contributed by atoms with van der Waals surface area (Å²) >= 11 is 6.17. The van der Waals surface area contributed by atoms with Gasteiger partial charge in [0.2, 0.25) is 0 Å². The van der Waals surface area contributed by atoms with Crippen molar-refractivity contribution in [1.29, 1.82) is 0 Å². The monoisotopic (exact) mass is 349 g/mol. The molecule has 1 aliphatic rings. The molecule has 0 bridgehead atoms. The van der Waals surface area contributed by atoms with Crippen molar-refractivity contribution in [3.05, 3.63) is 47.0 Å². The van der Waals surface area contributed by atoms with Gasteiger partial charge >= 0.3 is 0 Å². The predicted octanol–water partition coefficient (Wildman–Crippen LogP) is 3.17. The van der Waals surface area contributed by atoms with Gasteiger partial charge < -0.3 is 14.8 Å². The highest BCUT2D eigenvalue weighted by atomic mass is 35.5. The van der Waals surface area contributed by atoms with E-state index >= 15 is 0 Å². The summed E-state index contributed by atoms with van der Waals surface area (Å²) in [4.78, 5) is 9.52. The summed E-state index contributed by atoms with van der Waals surface area (Å²) in [5, 5.41) is 11.5. The number of ether oxygens (including phenoxy) is 1. The van der Waals surface area contributed by atoms with Gasteiger partial charge in [0.15, 0.2) is 0 Å². The molecule has 3 rings (SSSR count). The molecule has 1 aromatic heterocycles. The van der Waals surface area contributed by atoms with E-state index in [-0.39, 0.29) is 6.61 Å². The Balaban J connectivity index is 1.56. The fourth-order valence-corrected chi connectivity index (χ4v) is 3.25. The molecule has 1 saturated heterocycles. The molecule has 2 aromatic rings. The Bertz CT molecular complexity index is 662. The Morgan fingerprint density at radius 1 is 1.38 bits per heavy atom. The van der Waals surface area contributed by atoms with Crippen molar-refractivity contribution in [3.63, 3.8) is 0 Å². The third kappa shape index (κ3) is 4.50. The lowest BCUT2D eigenvalue weighted by molar-refractivity contribution is -0.0168. The molecule has 1 fully saturated rings. The molecule has 6 heteroatoms. The van der Waals surface area contributed by atoms with Crippen LogP contribution in [0.2, 0.25) is 5.02 Å². The van der Waals surface area contributed by atoms with Crippen LogP contribution in [0.25, 0.3) is 0 Å². The summed E-state index contributed by atoms with van der Waals surface area (Å²) < 4.78 is 5.84. The summed E-state index contributed by atoms with van der Waals surface area (Å²) in [5.74, 6) is 0.642. The molecule has 24 heavy (non-hydrogen) atoms. The zero-order chi connectivity index (χ0) is 17.0. The number of aromatic amines is 1. The summed E-state index contributed by atoms with van der Waals surface area (Å²) in [7, 11) is 0. The Hall–Kier alpha value is -1.56. The number of rotatable bonds is 5. The number of hydrogen-bond acceptors (Lipinski definition) is 4. The van der Waals surface area contributed by atoms with Crippen LogP contribution in [0.15, 0.2) is 30.7 Å². The van der Waals surface area contributed by atoms with E-state index in [0.717, 1.165) is 43.7 Å². The van der Waals surface area contributed by atoms with E-state index in [2.05, 4.69) is 14.9 Å². The molecule has 0 radical (unpaired) electrons. The van der Waals surface area contributed by atoms with Gasteiger partial charge in [-0.1, -0.05) is 17.7 Å². The number of hydrogen-bond donors (Lipinski definition) is 2. The highest BCUT2D eigenvalue weighted by Gasteiger charge is 2.31. The highest BCUT2D eigenvalue weighted by molar-refractivity contribution is 6.32. The van der Waals surface area contributed by atoms with Crippen molar-refractivity contribution >= 4 is 11.6 Å². The van der Waals surface area contributed by atoms with Gasteiger partial charge in [-0.25, -0.2) is 4.98 Å². The number of aliphatic hydroxyl groups is 1. The van der Waals surface area contributed by atoms with Crippen molar-refractivity contribution in [1.82, 2.24) is 14.9 Å². The molecule has 5 nitrogen and oxygen atoms in total. The maximum absolute atomic E-state index is 10.9. The summed E-state index contributed by atoms with van der Waals surface area (Å²) in [6.07, 6.45) is 5.90. The van der Waals surface area contributed by atoms with E-state index in [0.29, 0.717) is 17.2 Å². The van der Waals surface area contributed by atoms with Crippen LogP contribution >= 0.6 is 11.6 Å². The molecule has 0 aliphatic carbocycles. The second-order valence-corrected chi connectivity index (χ2v) is 7.06. The minimum Gasteiger partial charge on any atom is -0.489 e. The SMILES string of the molecule is Cc1ccc(Cl)c(OCC2(O)CCCN(Cc3cnc[nH]3)CC2)c1. The van der Waals surface area contributed by atoms with E-state index in [1.807, 2.05) is 31.3 Å². The fraction of sp³-hybridized carbons (Fsp3) is 0.500. The molecule has 0 amide bonds. The quantitative estimate of drug-likeness (QED) is 0.870. The second kappa shape index (κ2) is 7.55. The summed E-state index contributed by atoms with van der Waals surface area (Å²) in [6, 6.07) is 5.69. The van der Waals surface area contributed by atoms with Crippen molar-refractivity contribution in [2.45, 2.75) is 38.3 Å². The Morgan fingerprint density at radius 2 is 2.25 bits per heavy atom.